The number of nitrogens with zero attached hydrogens (tertiary/aromatic N) is 1. The second-order valence-corrected chi connectivity index (χ2v) is 5.45. The zero-order valence-electron chi connectivity index (χ0n) is 11.3. The van der Waals surface area contributed by atoms with Crippen LogP contribution in [0.1, 0.15) is 29.7 Å². The summed E-state index contributed by atoms with van der Waals surface area (Å²) in [7, 11) is 0. The molecule has 0 spiro atoms. The van der Waals surface area contributed by atoms with Gasteiger partial charge in [0.2, 0.25) is 5.88 Å². The Balaban J connectivity index is 2.37. The standard InChI is InChI=1S/C15H17BrN2O/c1-9-7-12(8-10(2)14(9)16)19-15-13(11(3)17)5-4-6-18-15/h4-8,11H,17H2,1-3H3/t11-/m0/s1. The maximum absolute atomic E-state index is 5.92. The molecule has 4 heteroatoms. The zero-order valence-corrected chi connectivity index (χ0v) is 12.9. The van der Waals surface area contributed by atoms with Crippen LogP contribution in [-0.2, 0) is 0 Å². The number of aromatic nitrogens is 1. The van der Waals surface area contributed by atoms with Gasteiger partial charge in [0.05, 0.1) is 0 Å². The third-order valence-electron chi connectivity index (χ3n) is 2.92. The maximum Gasteiger partial charge on any atom is 0.223 e. The molecule has 19 heavy (non-hydrogen) atoms. The van der Waals surface area contributed by atoms with Crippen molar-refractivity contribution in [1.29, 1.82) is 0 Å². The summed E-state index contributed by atoms with van der Waals surface area (Å²) < 4.78 is 6.98. The van der Waals surface area contributed by atoms with E-state index in [0.29, 0.717) is 5.88 Å². The minimum atomic E-state index is -0.110. The third kappa shape index (κ3) is 3.14. The Morgan fingerprint density at radius 2 is 1.89 bits per heavy atom. The molecule has 1 aromatic carbocycles. The van der Waals surface area contributed by atoms with Gasteiger partial charge in [0.15, 0.2) is 0 Å². The van der Waals surface area contributed by atoms with E-state index in [1.807, 2.05) is 45.0 Å². The number of nitrogens with two attached hydrogens (primary N) is 1. The van der Waals surface area contributed by atoms with Crippen molar-refractivity contribution in [3.8, 4) is 11.6 Å². The lowest BCUT2D eigenvalue weighted by atomic mass is 10.1. The molecule has 0 saturated carbocycles. The van der Waals surface area contributed by atoms with Crippen LogP contribution in [0.2, 0.25) is 0 Å². The van der Waals surface area contributed by atoms with Gasteiger partial charge in [-0.3, -0.25) is 0 Å². The summed E-state index contributed by atoms with van der Waals surface area (Å²) in [5, 5.41) is 0. The fourth-order valence-corrected chi connectivity index (χ4v) is 2.14. The number of hydrogen-bond donors (Lipinski definition) is 1. The van der Waals surface area contributed by atoms with Crippen LogP contribution < -0.4 is 10.5 Å². The maximum atomic E-state index is 5.92. The zero-order chi connectivity index (χ0) is 14.0. The molecule has 0 amide bonds. The smallest absolute Gasteiger partial charge is 0.223 e. The number of benzene rings is 1. The molecule has 100 valence electrons. The Kier molecular flexibility index (Phi) is 4.22. The average Bonchev–Trinajstić information content (AvgIpc) is 2.36. The van der Waals surface area contributed by atoms with Crippen LogP contribution in [0.4, 0.5) is 0 Å². The molecule has 0 radical (unpaired) electrons. The molecule has 2 rings (SSSR count). The van der Waals surface area contributed by atoms with Crippen LogP contribution in [0.5, 0.6) is 11.6 Å². The highest BCUT2D eigenvalue weighted by atomic mass is 79.9. The van der Waals surface area contributed by atoms with E-state index in [2.05, 4.69) is 20.9 Å². The SMILES string of the molecule is Cc1cc(Oc2ncccc2[C@H](C)N)cc(C)c1Br. The molecular weight excluding hydrogens is 304 g/mol. The van der Waals surface area contributed by atoms with Crippen molar-refractivity contribution in [2.75, 3.05) is 0 Å². The Morgan fingerprint density at radius 3 is 2.47 bits per heavy atom. The van der Waals surface area contributed by atoms with E-state index in [0.717, 1.165) is 26.9 Å². The molecule has 1 heterocycles. The van der Waals surface area contributed by atoms with Gasteiger partial charge >= 0.3 is 0 Å². The van der Waals surface area contributed by atoms with E-state index in [4.69, 9.17) is 10.5 Å². The van der Waals surface area contributed by atoms with Crippen molar-refractivity contribution in [3.05, 3.63) is 51.6 Å². The van der Waals surface area contributed by atoms with Crippen LogP contribution in [-0.4, -0.2) is 4.98 Å². The van der Waals surface area contributed by atoms with Gasteiger partial charge in [-0.05, 0) is 50.1 Å². The molecule has 0 saturated heterocycles. The molecule has 3 nitrogen and oxygen atoms in total. The van der Waals surface area contributed by atoms with Crippen LogP contribution in [0.15, 0.2) is 34.9 Å². The van der Waals surface area contributed by atoms with Crippen molar-refractivity contribution < 1.29 is 4.74 Å². The molecule has 0 fully saturated rings. The van der Waals surface area contributed by atoms with Crippen LogP contribution >= 0.6 is 15.9 Å². The molecular formula is C15H17BrN2O. The number of pyridine rings is 1. The molecule has 2 aromatic rings. The fourth-order valence-electron chi connectivity index (χ4n) is 1.91. The van der Waals surface area contributed by atoms with E-state index in [9.17, 15) is 0 Å². The van der Waals surface area contributed by atoms with E-state index in [1.54, 1.807) is 6.20 Å². The fraction of sp³-hybridized carbons (Fsp3) is 0.267. The lowest BCUT2D eigenvalue weighted by Crippen LogP contribution is -2.07. The van der Waals surface area contributed by atoms with Gasteiger partial charge < -0.3 is 10.5 Å². The van der Waals surface area contributed by atoms with Gasteiger partial charge in [0.25, 0.3) is 0 Å². The Bertz CT molecular complexity index is 573. The normalized spacial score (nSPS) is 12.3. The summed E-state index contributed by atoms with van der Waals surface area (Å²) in [5.74, 6) is 1.34. The second kappa shape index (κ2) is 5.72. The van der Waals surface area contributed by atoms with Crippen LogP contribution in [0.3, 0.4) is 0 Å². The summed E-state index contributed by atoms with van der Waals surface area (Å²) in [6, 6.07) is 7.66. The summed E-state index contributed by atoms with van der Waals surface area (Å²) in [6.45, 7) is 5.99. The molecule has 1 aromatic heterocycles. The van der Waals surface area contributed by atoms with Crippen molar-refractivity contribution >= 4 is 15.9 Å². The number of rotatable bonds is 3. The Labute approximate surface area is 121 Å². The van der Waals surface area contributed by atoms with E-state index in [1.165, 1.54) is 0 Å². The first-order chi connectivity index (χ1) is 8.99. The predicted molar refractivity (Wildman–Crippen MR) is 80.5 cm³/mol. The first-order valence-corrected chi connectivity index (χ1v) is 6.93. The number of halogens is 1. The van der Waals surface area contributed by atoms with E-state index < -0.39 is 0 Å². The van der Waals surface area contributed by atoms with Crippen molar-refractivity contribution in [1.82, 2.24) is 4.98 Å². The van der Waals surface area contributed by atoms with Crippen molar-refractivity contribution in [3.63, 3.8) is 0 Å². The third-order valence-corrected chi connectivity index (χ3v) is 4.17. The molecule has 0 bridgehead atoms. The van der Waals surface area contributed by atoms with Gasteiger partial charge in [-0.1, -0.05) is 22.0 Å². The van der Waals surface area contributed by atoms with Gasteiger partial charge in [-0.2, -0.15) is 0 Å². The highest BCUT2D eigenvalue weighted by Crippen LogP contribution is 2.31. The number of aryl methyl sites for hydroxylation is 2. The molecule has 0 aliphatic rings. The largest absolute Gasteiger partial charge is 0.439 e. The molecule has 1 atom stereocenters. The van der Waals surface area contributed by atoms with Gasteiger partial charge in [-0.15, -0.1) is 0 Å². The quantitative estimate of drug-likeness (QED) is 0.918. The molecule has 0 aliphatic carbocycles. The minimum absolute atomic E-state index is 0.110. The Morgan fingerprint density at radius 1 is 1.26 bits per heavy atom. The lowest BCUT2D eigenvalue weighted by Gasteiger charge is -2.13. The van der Waals surface area contributed by atoms with Crippen molar-refractivity contribution in [2.45, 2.75) is 26.8 Å². The topological polar surface area (TPSA) is 48.1 Å². The summed E-state index contributed by atoms with van der Waals surface area (Å²) in [6.07, 6.45) is 1.71. The van der Waals surface area contributed by atoms with E-state index in [-0.39, 0.29) is 6.04 Å². The number of ether oxygens (including phenoxy) is 1. The van der Waals surface area contributed by atoms with Crippen molar-refractivity contribution in [2.24, 2.45) is 5.73 Å². The monoisotopic (exact) mass is 320 g/mol. The van der Waals surface area contributed by atoms with E-state index >= 15 is 0 Å². The highest BCUT2D eigenvalue weighted by Gasteiger charge is 2.11. The summed E-state index contributed by atoms with van der Waals surface area (Å²) >= 11 is 3.55. The number of hydrogen-bond acceptors (Lipinski definition) is 3. The molecule has 2 N–H and O–H groups in total. The molecule has 0 aliphatic heterocycles. The van der Waals surface area contributed by atoms with Gasteiger partial charge in [-0.25, -0.2) is 4.98 Å². The first kappa shape index (κ1) is 14.0. The second-order valence-electron chi connectivity index (χ2n) is 4.66. The average molecular weight is 321 g/mol. The minimum Gasteiger partial charge on any atom is -0.439 e. The van der Waals surface area contributed by atoms with Gasteiger partial charge in [0.1, 0.15) is 5.75 Å². The van der Waals surface area contributed by atoms with Crippen LogP contribution in [0, 0.1) is 13.8 Å². The summed E-state index contributed by atoms with van der Waals surface area (Å²) in [4.78, 5) is 4.26. The molecule has 0 unspecified atom stereocenters. The first-order valence-electron chi connectivity index (χ1n) is 6.14. The Hall–Kier alpha value is -1.39. The lowest BCUT2D eigenvalue weighted by molar-refractivity contribution is 0.451. The predicted octanol–water partition coefficient (Wildman–Crippen LogP) is 4.27. The van der Waals surface area contributed by atoms with Crippen LogP contribution in [0.25, 0.3) is 0 Å². The highest BCUT2D eigenvalue weighted by molar-refractivity contribution is 9.10. The van der Waals surface area contributed by atoms with Gasteiger partial charge in [0, 0.05) is 22.3 Å². The summed E-state index contributed by atoms with van der Waals surface area (Å²) in [5.41, 5.74) is 9.09.